The molecule has 0 atom stereocenters. The van der Waals surface area contributed by atoms with Crippen molar-refractivity contribution in [3.05, 3.63) is 60.3 Å². The largest absolute Gasteiger partial charge is 0.397 e. The topological polar surface area (TPSA) is 80.0 Å². The van der Waals surface area contributed by atoms with Crippen molar-refractivity contribution >= 4 is 23.5 Å². The van der Waals surface area contributed by atoms with Gasteiger partial charge < -0.3 is 16.4 Å². The van der Waals surface area contributed by atoms with E-state index in [2.05, 4.69) is 15.6 Å². The summed E-state index contributed by atoms with van der Waals surface area (Å²) in [5, 5.41) is 5.89. The molecule has 0 spiro atoms. The van der Waals surface area contributed by atoms with Gasteiger partial charge in [-0.15, -0.1) is 0 Å². The second-order valence-corrected chi connectivity index (χ2v) is 4.44. The molecule has 2 rings (SSSR count). The molecule has 0 unspecified atom stereocenters. The van der Waals surface area contributed by atoms with Gasteiger partial charge in [0.05, 0.1) is 11.9 Å². The Balaban J connectivity index is 1.67. The first-order chi connectivity index (χ1) is 10.2. The van der Waals surface area contributed by atoms with Crippen molar-refractivity contribution in [3.63, 3.8) is 0 Å². The van der Waals surface area contributed by atoms with Gasteiger partial charge in [0.15, 0.2) is 0 Å². The molecular formula is C16H18N4O. The number of nitrogens with two attached hydrogens (primary N) is 1. The fraction of sp³-hybridized carbons (Fsp3) is 0.125. The number of aromatic nitrogens is 1. The second kappa shape index (κ2) is 7.69. The fourth-order valence-corrected chi connectivity index (χ4v) is 1.68. The Kier molecular flexibility index (Phi) is 5.34. The number of nitrogens with zero attached hydrogens (tertiary/aromatic N) is 1. The van der Waals surface area contributed by atoms with Crippen LogP contribution in [-0.2, 0) is 4.79 Å². The first-order valence-corrected chi connectivity index (χ1v) is 6.70. The van der Waals surface area contributed by atoms with Crippen LogP contribution in [0.2, 0.25) is 0 Å². The second-order valence-electron chi connectivity index (χ2n) is 4.44. The van der Waals surface area contributed by atoms with E-state index in [1.54, 1.807) is 24.4 Å². The van der Waals surface area contributed by atoms with Crippen LogP contribution in [0.1, 0.15) is 5.56 Å². The molecule has 0 saturated carbocycles. The van der Waals surface area contributed by atoms with Gasteiger partial charge in [0.1, 0.15) is 5.82 Å². The number of nitrogen functional groups attached to an aromatic ring is 1. The van der Waals surface area contributed by atoms with Crippen LogP contribution in [0.4, 0.5) is 11.5 Å². The minimum Gasteiger partial charge on any atom is -0.397 e. The Morgan fingerprint density at radius 3 is 2.67 bits per heavy atom. The molecule has 0 aliphatic rings. The van der Waals surface area contributed by atoms with Gasteiger partial charge in [-0.25, -0.2) is 4.98 Å². The summed E-state index contributed by atoms with van der Waals surface area (Å²) >= 11 is 0. The van der Waals surface area contributed by atoms with Crippen molar-refractivity contribution < 1.29 is 4.79 Å². The SMILES string of the molecule is Nc1ccc(NCCNC(=O)/C=C/c2ccccc2)nc1. The highest BCUT2D eigenvalue weighted by Crippen LogP contribution is 2.04. The lowest BCUT2D eigenvalue weighted by Gasteiger charge is -2.06. The van der Waals surface area contributed by atoms with E-state index in [1.165, 1.54) is 6.08 Å². The summed E-state index contributed by atoms with van der Waals surface area (Å²) in [5.74, 6) is 0.615. The van der Waals surface area contributed by atoms with Crippen LogP contribution >= 0.6 is 0 Å². The predicted octanol–water partition coefficient (Wildman–Crippen LogP) is 1.91. The number of pyridine rings is 1. The maximum Gasteiger partial charge on any atom is 0.244 e. The zero-order valence-corrected chi connectivity index (χ0v) is 11.6. The molecule has 0 fully saturated rings. The molecule has 2 aromatic rings. The van der Waals surface area contributed by atoms with Crippen molar-refractivity contribution in [2.24, 2.45) is 0 Å². The number of anilines is 2. The van der Waals surface area contributed by atoms with Crippen molar-refractivity contribution in [2.45, 2.75) is 0 Å². The average Bonchev–Trinajstić information content (AvgIpc) is 2.52. The summed E-state index contributed by atoms with van der Waals surface area (Å²) in [4.78, 5) is 15.7. The Bertz CT molecular complexity index is 593. The first-order valence-electron chi connectivity index (χ1n) is 6.70. The zero-order valence-electron chi connectivity index (χ0n) is 11.6. The minimum absolute atomic E-state index is 0.120. The van der Waals surface area contributed by atoms with Crippen molar-refractivity contribution in [2.75, 3.05) is 24.1 Å². The summed E-state index contributed by atoms with van der Waals surface area (Å²) in [6.45, 7) is 1.12. The number of hydrogen-bond acceptors (Lipinski definition) is 4. The maximum absolute atomic E-state index is 11.6. The molecule has 0 bridgehead atoms. The third-order valence-corrected chi connectivity index (χ3v) is 2.74. The van der Waals surface area contributed by atoms with Gasteiger partial charge in [-0.3, -0.25) is 4.79 Å². The molecule has 1 heterocycles. The molecule has 1 aromatic carbocycles. The number of hydrogen-bond donors (Lipinski definition) is 3. The Hall–Kier alpha value is -2.82. The fourth-order valence-electron chi connectivity index (χ4n) is 1.68. The van der Waals surface area contributed by atoms with Crippen molar-refractivity contribution in [3.8, 4) is 0 Å². The van der Waals surface area contributed by atoms with E-state index in [0.29, 0.717) is 18.8 Å². The van der Waals surface area contributed by atoms with E-state index in [1.807, 2.05) is 30.3 Å². The van der Waals surface area contributed by atoms with Crippen LogP contribution < -0.4 is 16.4 Å². The smallest absolute Gasteiger partial charge is 0.244 e. The highest BCUT2D eigenvalue weighted by Gasteiger charge is 1.96. The molecule has 1 amide bonds. The highest BCUT2D eigenvalue weighted by molar-refractivity contribution is 5.91. The van der Waals surface area contributed by atoms with Crippen LogP contribution in [0, 0.1) is 0 Å². The number of rotatable bonds is 6. The molecular weight excluding hydrogens is 264 g/mol. The Morgan fingerprint density at radius 1 is 1.14 bits per heavy atom. The number of carbonyl (C=O) groups excluding carboxylic acids is 1. The van der Waals surface area contributed by atoms with Gasteiger partial charge in [-0.2, -0.15) is 0 Å². The average molecular weight is 282 g/mol. The van der Waals surface area contributed by atoms with Crippen LogP contribution in [0.15, 0.2) is 54.7 Å². The zero-order chi connectivity index (χ0) is 14.9. The third-order valence-electron chi connectivity index (χ3n) is 2.74. The molecule has 5 nitrogen and oxygen atoms in total. The van der Waals surface area contributed by atoms with Gasteiger partial charge in [0.2, 0.25) is 5.91 Å². The quantitative estimate of drug-likeness (QED) is 0.558. The molecule has 1 aromatic heterocycles. The highest BCUT2D eigenvalue weighted by atomic mass is 16.1. The lowest BCUT2D eigenvalue weighted by molar-refractivity contribution is -0.116. The van der Waals surface area contributed by atoms with Gasteiger partial charge >= 0.3 is 0 Å². The van der Waals surface area contributed by atoms with Crippen LogP contribution in [0.25, 0.3) is 6.08 Å². The number of carbonyl (C=O) groups is 1. The number of nitrogens with one attached hydrogen (secondary N) is 2. The van der Waals surface area contributed by atoms with Crippen LogP contribution in [0.5, 0.6) is 0 Å². The standard InChI is InChI=1S/C16H18N4O/c17-14-7-8-15(20-12-14)18-10-11-19-16(21)9-6-13-4-2-1-3-5-13/h1-9,12H,10-11,17H2,(H,18,20)(H,19,21)/b9-6+. The summed E-state index contributed by atoms with van der Waals surface area (Å²) in [6, 6.07) is 13.3. The van der Waals surface area contributed by atoms with E-state index < -0.39 is 0 Å². The van der Waals surface area contributed by atoms with Gasteiger partial charge in [-0.05, 0) is 23.8 Å². The molecule has 21 heavy (non-hydrogen) atoms. The molecule has 108 valence electrons. The van der Waals surface area contributed by atoms with Crippen molar-refractivity contribution in [1.82, 2.24) is 10.3 Å². The summed E-state index contributed by atoms with van der Waals surface area (Å²) in [7, 11) is 0. The third kappa shape index (κ3) is 5.36. The molecule has 0 aliphatic heterocycles. The minimum atomic E-state index is -0.120. The number of amides is 1. The van der Waals surface area contributed by atoms with Crippen LogP contribution in [0.3, 0.4) is 0 Å². The van der Waals surface area contributed by atoms with Crippen molar-refractivity contribution in [1.29, 1.82) is 0 Å². The van der Waals surface area contributed by atoms with Gasteiger partial charge in [0.25, 0.3) is 0 Å². The Labute approximate surface area is 123 Å². The summed E-state index contributed by atoms with van der Waals surface area (Å²) in [6.07, 6.45) is 4.89. The lowest BCUT2D eigenvalue weighted by Crippen LogP contribution is -2.27. The van der Waals surface area contributed by atoms with E-state index in [4.69, 9.17) is 5.73 Å². The van der Waals surface area contributed by atoms with E-state index >= 15 is 0 Å². The van der Waals surface area contributed by atoms with Gasteiger partial charge in [0, 0.05) is 19.2 Å². The molecule has 5 heteroatoms. The Morgan fingerprint density at radius 2 is 1.95 bits per heavy atom. The van der Waals surface area contributed by atoms with E-state index in [0.717, 1.165) is 11.4 Å². The van der Waals surface area contributed by atoms with E-state index in [9.17, 15) is 4.79 Å². The number of benzene rings is 1. The summed E-state index contributed by atoms with van der Waals surface area (Å²) < 4.78 is 0. The normalized spacial score (nSPS) is 10.5. The molecule has 0 radical (unpaired) electrons. The predicted molar refractivity (Wildman–Crippen MR) is 85.6 cm³/mol. The van der Waals surface area contributed by atoms with Gasteiger partial charge in [-0.1, -0.05) is 30.3 Å². The molecule has 4 N–H and O–H groups in total. The summed E-state index contributed by atoms with van der Waals surface area (Å²) in [5.41, 5.74) is 7.17. The maximum atomic E-state index is 11.6. The lowest BCUT2D eigenvalue weighted by atomic mass is 10.2. The van der Waals surface area contributed by atoms with Crippen LogP contribution in [-0.4, -0.2) is 24.0 Å². The molecule has 0 aliphatic carbocycles. The van der Waals surface area contributed by atoms with E-state index in [-0.39, 0.29) is 5.91 Å². The monoisotopic (exact) mass is 282 g/mol. The molecule has 0 saturated heterocycles. The first kappa shape index (κ1) is 14.6.